The molecule has 4 aromatic rings. The molecule has 0 unspecified atom stereocenters. The highest BCUT2D eigenvalue weighted by Crippen LogP contribution is 2.39. The summed E-state index contributed by atoms with van der Waals surface area (Å²) in [4.78, 5) is 13.5. The molecule has 0 bridgehead atoms. The molecule has 0 aliphatic carbocycles. The van der Waals surface area contributed by atoms with Gasteiger partial charge in [0.05, 0.1) is 6.04 Å². The van der Waals surface area contributed by atoms with E-state index >= 15 is 0 Å². The van der Waals surface area contributed by atoms with E-state index in [9.17, 15) is 4.79 Å². The second kappa shape index (κ2) is 8.51. The minimum absolute atomic E-state index is 0.0689. The Morgan fingerprint density at radius 1 is 0.938 bits per heavy atom. The van der Waals surface area contributed by atoms with E-state index in [1.165, 1.54) is 11.8 Å². The lowest BCUT2D eigenvalue weighted by molar-refractivity contribution is -0.116. The number of amides is 1. The first-order valence-corrected chi connectivity index (χ1v) is 11.4. The van der Waals surface area contributed by atoms with Crippen molar-refractivity contribution in [1.82, 2.24) is 14.9 Å². The van der Waals surface area contributed by atoms with Crippen LogP contribution in [-0.4, -0.2) is 26.0 Å². The third-order valence-electron chi connectivity index (χ3n) is 5.75. The van der Waals surface area contributed by atoms with Crippen LogP contribution >= 0.6 is 11.8 Å². The van der Waals surface area contributed by atoms with Crippen molar-refractivity contribution >= 4 is 23.4 Å². The van der Waals surface area contributed by atoms with Crippen molar-refractivity contribution in [3.8, 4) is 11.4 Å². The van der Waals surface area contributed by atoms with Gasteiger partial charge in [-0.05, 0) is 36.6 Å². The third-order valence-corrected chi connectivity index (χ3v) is 6.96. The smallest absolute Gasteiger partial charge is 0.240 e. The van der Waals surface area contributed by atoms with E-state index in [1.807, 2.05) is 97.4 Å². The van der Waals surface area contributed by atoms with Crippen LogP contribution in [0.5, 0.6) is 0 Å². The lowest BCUT2D eigenvalue weighted by Gasteiger charge is -2.33. The highest BCUT2D eigenvalue weighted by atomic mass is 32.2. The second-order valence-corrected chi connectivity index (χ2v) is 8.91. The maximum atomic E-state index is 13.5. The fraction of sp³-hybridized carbons (Fsp3) is 0.160. The zero-order valence-electron chi connectivity index (χ0n) is 17.8. The Bertz CT molecular complexity index is 1260. The average molecular weight is 442 g/mol. The first-order valence-electron chi connectivity index (χ1n) is 10.5. The van der Waals surface area contributed by atoms with E-state index < -0.39 is 5.25 Å². The van der Waals surface area contributed by atoms with Crippen molar-refractivity contribution in [2.75, 3.05) is 10.7 Å². The number of nitrogens with one attached hydrogen (secondary N) is 2. The summed E-state index contributed by atoms with van der Waals surface area (Å²) < 4.78 is 1.89. The van der Waals surface area contributed by atoms with Gasteiger partial charge in [-0.3, -0.25) is 4.79 Å². The molecule has 32 heavy (non-hydrogen) atoms. The second-order valence-electron chi connectivity index (χ2n) is 7.80. The maximum Gasteiger partial charge on any atom is 0.240 e. The molecule has 0 fully saturated rings. The Kier molecular flexibility index (Phi) is 5.41. The Labute approximate surface area is 191 Å². The molecular weight excluding hydrogens is 418 g/mol. The molecule has 7 heteroatoms. The van der Waals surface area contributed by atoms with Gasteiger partial charge < -0.3 is 10.7 Å². The summed E-state index contributed by atoms with van der Waals surface area (Å²) in [6, 6.07) is 25.6. The lowest BCUT2D eigenvalue weighted by Crippen LogP contribution is -2.41. The van der Waals surface area contributed by atoms with Crippen LogP contribution in [0.4, 0.5) is 5.69 Å². The summed E-state index contributed by atoms with van der Waals surface area (Å²) in [6.07, 6.45) is 0. The van der Waals surface area contributed by atoms with E-state index in [2.05, 4.69) is 20.9 Å². The molecule has 2 N–H and O–H groups in total. The summed E-state index contributed by atoms with van der Waals surface area (Å²) in [6.45, 7) is 4.07. The van der Waals surface area contributed by atoms with Gasteiger partial charge in [-0.2, -0.15) is 0 Å². The van der Waals surface area contributed by atoms with Crippen LogP contribution in [0.3, 0.4) is 0 Å². The quantitative estimate of drug-likeness (QED) is 0.468. The molecule has 1 aliphatic heterocycles. The van der Waals surface area contributed by atoms with E-state index in [0.717, 1.165) is 33.8 Å². The summed E-state index contributed by atoms with van der Waals surface area (Å²) in [5.74, 6) is 0.656. The van der Waals surface area contributed by atoms with E-state index in [1.54, 1.807) is 0 Å². The number of aryl methyl sites for hydroxylation is 1. The van der Waals surface area contributed by atoms with Crippen LogP contribution in [0.1, 0.15) is 22.7 Å². The van der Waals surface area contributed by atoms with Gasteiger partial charge in [0.1, 0.15) is 5.25 Å². The van der Waals surface area contributed by atoms with Crippen molar-refractivity contribution < 1.29 is 4.79 Å². The number of rotatable bonds is 4. The predicted octanol–water partition coefficient (Wildman–Crippen LogP) is 4.96. The zero-order chi connectivity index (χ0) is 22.1. The minimum Gasteiger partial charge on any atom is -0.325 e. The number of thioether (sulfide) groups is 1. The molecule has 160 valence electrons. The first-order chi connectivity index (χ1) is 15.6. The molecule has 5 rings (SSSR count). The highest BCUT2D eigenvalue weighted by Gasteiger charge is 2.38. The maximum absolute atomic E-state index is 13.5. The number of fused-ring (bicyclic) bond motifs is 1. The van der Waals surface area contributed by atoms with Crippen LogP contribution in [0, 0.1) is 13.8 Å². The van der Waals surface area contributed by atoms with Gasteiger partial charge in [-0.1, -0.05) is 84.6 Å². The Morgan fingerprint density at radius 2 is 1.66 bits per heavy atom. The van der Waals surface area contributed by atoms with E-state index in [0.29, 0.717) is 5.16 Å². The number of carbonyl (C=O) groups is 1. The predicted molar refractivity (Wildman–Crippen MR) is 128 cm³/mol. The van der Waals surface area contributed by atoms with Crippen molar-refractivity contribution in [3.05, 3.63) is 95.6 Å². The molecule has 0 spiro atoms. The highest BCUT2D eigenvalue weighted by molar-refractivity contribution is 8.00. The number of hydrogen-bond donors (Lipinski definition) is 2. The Balaban J connectivity index is 1.51. The Hall–Kier alpha value is -3.58. The fourth-order valence-corrected chi connectivity index (χ4v) is 4.91. The number of hydrogen-bond acceptors (Lipinski definition) is 5. The third kappa shape index (κ3) is 3.76. The topological polar surface area (TPSA) is 71.8 Å². The summed E-state index contributed by atoms with van der Waals surface area (Å²) >= 11 is 1.43. The van der Waals surface area contributed by atoms with Crippen molar-refractivity contribution in [1.29, 1.82) is 0 Å². The normalized spacial score (nSPS) is 17.3. The molecule has 3 aromatic carbocycles. The molecule has 6 nitrogen and oxygen atoms in total. The number of nitrogens with zero attached hydrogens (tertiary/aromatic N) is 3. The van der Waals surface area contributed by atoms with Gasteiger partial charge in [-0.25, -0.2) is 4.68 Å². The SMILES string of the molecule is Cc1cccc(NC(=O)[C@@H]2Sc3nnc(-c4ccccc4)n3N[C@@H]2c2ccccc2)c1C. The van der Waals surface area contributed by atoms with Gasteiger partial charge >= 0.3 is 0 Å². The molecule has 0 saturated heterocycles. The van der Waals surface area contributed by atoms with Gasteiger partial charge in [-0.15, -0.1) is 10.2 Å². The fourth-order valence-electron chi connectivity index (χ4n) is 3.83. The number of carbonyl (C=O) groups excluding carboxylic acids is 1. The van der Waals surface area contributed by atoms with Crippen LogP contribution in [-0.2, 0) is 4.79 Å². The summed E-state index contributed by atoms with van der Waals surface area (Å²) in [5, 5.41) is 12.1. The Morgan fingerprint density at radius 3 is 2.41 bits per heavy atom. The molecule has 0 saturated carbocycles. The average Bonchev–Trinajstić information content (AvgIpc) is 3.25. The molecule has 1 amide bonds. The van der Waals surface area contributed by atoms with Gasteiger partial charge in [0.15, 0.2) is 5.82 Å². The van der Waals surface area contributed by atoms with Gasteiger partial charge in [0.25, 0.3) is 0 Å². The number of benzene rings is 3. The van der Waals surface area contributed by atoms with E-state index in [4.69, 9.17) is 0 Å². The van der Waals surface area contributed by atoms with Crippen molar-refractivity contribution in [3.63, 3.8) is 0 Å². The molecule has 1 aromatic heterocycles. The lowest BCUT2D eigenvalue weighted by atomic mass is 10.0. The van der Waals surface area contributed by atoms with Gasteiger partial charge in [0.2, 0.25) is 11.1 Å². The first kappa shape index (κ1) is 20.3. The van der Waals surface area contributed by atoms with Gasteiger partial charge in [0, 0.05) is 11.3 Å². The molecule has 2 heterocycles. The minimum atomic E-state index is -0.419. The largest absolute Gasteiger partial charge is 0.325 e. The van der Waals surface area contributed by atoms with Crippen molar-refractivity contribution in [2.24, 2.45) is 0 Å². The summed E-state index contributed by atoms with van der Waals surface area (Å²) in [7, 11) is 0. The standard InChI is InChI=1S/C25H23N5OS/c1-16-10-9-15-20(17(16)2)26-24(31)22-21(18-11-5-3-6-12-18)29-30-23(27-28-25(30)32-22)19-13-7-4-8-14-19/h3-15,21-22,29H,1-2H3,(H,26,31)/t21-,22-/m1/s1. The van der Waals surface area contributed by atoms with Crippen LogP contribution in [0.2, 0.25) is 0 Å². The molecule has 0 radical (unpaired) electrons. The van der Waals surface area contributed by atoms with E-state index in [-0.39, 0.29) is 11.9 Å². The molecule has 1 aliphatic rings. The number of aromatic nitrogens is 3. The van der Waals surface area contributed by atoms with Crippen LogP contribution in [0.25, 0.3) is 11.4 Å². The van der Waals surface area contributed by atoms with Crippen LogP contribution < -0.4 is 10.7 Å². The monoisotopic (exact) mass is 441 g/mol. The summed E-state index contributed by atoms with van der Waals surface area (Å²) in [5.41, 5.74) is 8.55. The van der Waals surface area contributed by atoms with Crippen LogP contribution in [0.15, 0.2) is 84.0 Å². The molecular formula is C25H23N5OS. The zero-order valence-corrected chi connectivity index (χ0v) is 18.6. The number of anilines is 1. The van der Waals surface area contributed by atoms with Crippen molar-refractivity contribution in [2.45, 2.75) is 30.3 Å². The molecule has 2 atom stereocenters.